The van der Waals surface area contributed by atoms with Gasteiger partial charge in [-0.3, -0.25) is 4.18 Å². The van der Waals surface area contributed by atoms with E-state index in [9.17, 15) is 27.6 Å². The second-order valence-corrected chi connectivity index (χ2v) is 12.5. The summed E-state index contributed by atoms with van der Waals surface area (Å²) < 4.78 is 60.2. The maximum Gasteiger partial charge on any atom is 0.338 e. The topological polar surface area (TPSA) is 158 Å². The second kappa shape index (κ2) is 15.7. The highest BCUT2D eigenvalue weighted by atomic mass is 32.2. The van der Waals surface area contributed by atoms with Gasteiger partial charge >= 0.3 is 23.9 Å². The van der Waals surface area contributed by atoms with Crippen molar-refractivity contribution in [2.75, 3.05) is 13.4 Å². The van der Waals surface area contributed by atoms with Gasteiger partial charge in [0.05, 0.1) is 28.5 Å². The molecule has 0 saturated heterocycles. The third kappa shape index (κ3) is 8.76. The first-order chi connectivity index (χ1) is 23.6. The van der Waals surface area contributed by atoms with Crippen LogP contribution in [0.5, 0.6) is 0 Å². The molecule has 0 aromatic heterocycles. The Kier molecular flexibility index (Phi) is 11.2. The van der Waals surface area contributed by atoms with Crippen LogP contribution in [0, 0.1) is 0 Å². The summed E-state index contributed by atoms with van der Waals surface area (Å²) in [4.78, 5) is 54.1. The summed E-state index contributed by atoms with van der Waals surface area (Å²) >= 11 is 0. The van der Waals surface area contributed by atoms with E-state index in [-0.39, 0.29) is 22.3 Å². The van der Waals surface area contributed by atoms with Crippen molar-refractivity contribution >= 4 is 34.0 Å². The van der Waals surface area contributed by atoms with Gasteiger partial charge < -0.3 is 23.7 Å². The highest BCUT2D eigenvalue weighted by molar-refractivity contribution is 7.86. The number of hydrogen-bond acceptors (Lipinski definition) is 12. The zero-order valence-corrected chi connectivity index (χ0v) is 27.1. The van der Waals surface area contributed by atoms with Crippen molar-refractivity contribution < 1.29 is 55.5 Å². The lowest BCUT2D eigenvalue weighted by molar-refractivity contribution is -0.223. The lowest BCUT2D eigenvalue weighted by Gasteiger charge is -2.47. The third-order valence-electron chi connectivity index (χ3n) is 7.51. The fourth-order valence-electron chi connectivity index (χ4n) is 5.30. The van der Waals surface area contributed by atoms with Crippen molar-refractivity contribution in [3.8, 4) is 0 Å². The lowest BCUT2D eigenvalue weighted by atomic mass is 9.83. The highest BCUT2D eigenvalue weighted by Crippen LogP contribution is 2.36. The maximum absolute atomic E-state index is 13.6. The van der Waals surface area contributed by atoms with Gasteiger partial charge in [0.1, 0.15) is 6.10 Å². The summed E-state index contributed by atoms with van der Waals surface area (Å²) in [5.41, 5.74) is 0.327. The quantitative estimate of drug-likeness (QED) is 0.125. The SMILES string of the molecule is CO[C@H]1[C@H](OC(=O)c2ccccc2)[C@@H](OC(=O)c2ccccc2)[C@H](OC(=O)c2ccccc2)[C@H](OS(C)(=O)=O)[C@H]1OC(=O)c1ccccc1. The molecule has 6 atom stereocenters. The summed E-state index contributed by atoms with van der Waals surface area (Å²) in [5.74, 6) is -3.71. The Balaban J connectivity index is 1.66. The number of methoxy groups -OCH3 is 1. The number of benzene rings is 4. The molecule has 0 heterocycles. The largest absolute Gasteiger partial charge is 0.453 e. The van der Waals surface area contributed by atoms with Gasteiger partial charge in [-0.05, 0) is 48.5 Å². The van der Waals surface area contributed by atoms with Crippen molar-refractivity contribution in [2.45, 2.75) is 36.6 Å². The number of hydrogen-bond donors (Lipinski definition) is 0. The van der Waals surface area contributed by atoms with Crippen molar-refractivity contribution in [1.29, 1.82) is 0 Å². The van der Waals surface area contributed by atoms with Crippen molar-refractivity contribution in [3.05, 3.63) is 144 Å². The third-order valence-corrected chi connectivity index (χ3v) is 8.08. The number of ether oxygens (including phenoxy) is 5. The van der Waals surface area contributed by atoms with Crippen molar-refractivity contribution in [1.82, 2.24) is 0 Å². The van der Waals surface area contributed by atoms with Crippen molar-refractivity contribution in [2.24, 2.45) is 0 Å². The first-order valence-electron chi connectivity index (χ1n) is 15.0. The van der Waals surface area contributed by atoms with E-state index < -0.39 is 70.6 Å². The molecule has 0 bridgehead atoms. The molecular weight excluding hydrogens is 656 g/mol. The normalized spacial score (nSPS) is 21.9. The first kappa shape index (κ1) is 35.0. The average Bonchev–Trinajstić information content (AvgIpc) is 3.12. The van der Waals surface area contributed by atoms with Crippen LogP contribution in [0.2, 0.25) is 0 Å². The van der Waals surface area contributed by atoms with Gasteiger partial charge in [-0.25, -0.2) is 19.2 Å². The minimum absolute atomic E-state index is 0.0540. The molecular formula is C36H32O12S. The molecule has 0 aliphatic heterocycles. The molecule has 5 rings (SSSR count). The fraction of sp³-hybridized carbons (Fsp3) is 0.222. The van der Waals surface area contributed by atoms with Crippen LogP contribution in [-0.2, 0) is 38.0 Å². The molecule has 13 heteroatoms. The zero-order valence-electron chi connectivity index (χ0n) is 26.3. The molecule has 0 N–H and O–H groups in total. The molecule has 0 radical (unpaired) electrons. The Hall–Kier alpha value is -5.37. The van der Waals surface area contributed by atoms with Crippen LogP contribution < -0.4 is 0 Å². The number of rotatable bonds is 11. The van der Waals surface area contributed by atoms with Crippen LogP contribution in [-0.4, -0.2) is 82.3 Å². The predicted octanol–water partition coefficient (Wildman–Crippen LogP) is 4.26. The van der Waals surface area contributed by atoms with Gasteiger partial charge in [0.25, 0.3) is 10.1 Å². The number of carbonyl (C=O) groups excluding carboxylic acids is 4. The molecule has 4 aromatic rings. The molecule has 0 amide bonds. The van der Waals surface area contributed by atoms with Gasteiger partial charge in [-0.1, -0.05) is 72.8 Å². The Labute approximate surface area is 282 Å². The fourth-order valence-corrected chi connectivity index (χ4v) is 5.92. The van der Waals surface area contributed by atoms with Gasteiger partial charge in [-0.15, -0.1) is 0 Å². The summed E-state index contributed by atoms with van der Waals surface area (Å²) in [6.45, 7) is 0. The van der Waals surface area contributed by atoms with E-state index in [0.717, 1.165) is 6.26 Å². The van der Waals surface area contributed by atoms with Gasteiger partial charge in [0, 0.05) is 7.11 Å². The molecule has 49 heavy (non-hydrogen) atoms. The molecule has 1 saturated carbocycles. The Morgan fingerprint density at radius 3 is 0.939 bits per heavy atom. The minimum Gasteiger partial charge on any atom is -0.453 e. The number of esters is 4. The van der Waals surface area contributed by atoms with Crippen LogP contribution in [0.1, 0.15) is 41.4 Å². The first-order valence-corrected chi connectivity index (χ1v) is 16.8. The molecule has 1 aliphatic carbocycles. The van der Waals surface area contributed by atoms with E-state index in [1.165, 1.54) is 55.6 Å². The van der Waals surface area contributed by atoms with E-state index in [4.69, 9.17) is 27.9 Å². The standard InChI is InChI=1S/C36H32O12S/c1-43-27-28(44-33(37)23-15-7-3-8-16-23)30(46-35(39)25-19-11-5-12-20-25)31(47-36(40)26-21-13-6-14-22-26)32(48-49(2,41)42)29(27)45-34(38)24-17-9-4-10-18-24/h3-22,27-32H,1-2H3/t27-,28-,29-,30+,31-,32+/m0/s1. The van der Waals surface area contributed by atoms with E-state index in [2.05, 4.69) is 0 Å². The molecule has 0 unspecified atom stereocenters. The van der Waals surface area contributed by atoms with Crippen LogP contribution >= 0.6 is 0 Å². The predicted molar refractivity (Wildman–Crippen MR) is 173 cm³/mol. The molecule has 12 nitrogen and oxygen atoms in total. The van der Waals surface area contributed by atoms with E-state index >= 15 is 0 Å². The lowest BCUT2D eigenvalue weighted by Crippen LogP contribution is -2.68. The monoisotopic (exact) mass is 688 g/mol. The number of carbonyl (C=O) groups is 4. The summed E-state index contributed by atoms with van der Waals surface area (Å²) in [6, 6.07) is 31.1. The smallest absolute Gasteiger partial charge is 0.338 e. The molecule has 254 valence electrons. The van der Waals surface area contributed by atoms with E-state index in [0.29, 0.717) is 0 Å². The van der Waals surface area contributed by atoms with Crippen molar-refractivity contribution in [3.63, 3.8) is 0 Å². The summed E-state index contributed by atoms with van der Waals surface area (Å²) in [5, 5.41) is 0. The summed E-state index contributed by atoms with van der Waals surface area (Å²) in [6.07, 6.45) is -9.59. The average molecular weight is 689 g/mol. The Bertz CT molecular complexity index is 1850. The van der Waals surface area contributed by atoms with Gasteiger partial charge in [0.15, 0.2) is 30.5 Å². The van der Waals surface area contributed by atoms with E-state index in [1.807, 2.05) is 0 Å². The van der Waals surface area contributed by atoms with Gasteiger partial charge in [-0.2, -0.15) is 8.42 Å². The second-order valence-electron chi connectivity index (χ2n) is 10.9. The van der Waals surface area contributed by atoms with Crippen LogP contribution in [0.25, 0.3) is 0 Å². The van der Waals surface area contributed by atoms with Crippen LogP contribution in [0.15, 0.2) is 121 Å². The molecule has 1 aliphatic rings. The molecule has 0 spiro atoms. The highest BCUT2D eigenvalue weighted by Gasteiger charge is 2.60. The zero-order chi connectivity index (χ0) is 35.0. The molecule has 4 aromatic carbocycles. The van der Waals surface area contributed by atoms with Gasteiger partial charge in [0.2, 0.25) is 0 Å². The van der Waals surface area contributed by atoms with E-state index in [1.54, 1.807) is 72.8 Å². The Morgan fingerprint density at radius 1 is 0.429 bits per heavy atom. The maximum atomic E-state index is 13.6. The Morgan fingerprint density at radius 2 is 0.673 bits per heavy atom. The van der Waals surface area contributed by atoms with Crippen LogP contribution in [0.4, 0.5) is 0 Å². The molecule has 1 fully saturated rings. The summed E-state index contributed by atoms with van der Waals surface area (Å²) in [7, 11) is -3.20. The van der Waals surface area contributed by atoms with Crippen LogP contribution in [0.3, 0.4) is 0 Å². The minimum atomic E-state index is -4.40.